The Bertz CT molecular complexity index is 708. The van der Waals surface area contributed by atoms with Gasteiger partial charge in [-0.25, -0.2) is 4.79 Å². The monoisotopic (exact) mass is 274 g/mol. The van der Waals surface area contributed by atoms with Crippen LogP contribution in [-0.2, 0) is 11.3 Å². The van der Waals surface area contributed by atoms with Crippen molar-refractivity contribution >= 4 is 17.1 Å². The fourth-order valence-electron chi connectivity index (χ4n) is 2.00. The van der Waals surface area contributed by atoms with Crippen LogP contribution in [0.1, 0.15) is 0 Å². The maximum absolute atomic E-state index is 11.8. The summed E-state index contributed by atoms with van der Waals surface area (Å²) in [6.07, 6.45) is 5.20. The number of oxazole rings is 1. The lowest BCUT2D eigenvalue weighted by Gasteiger charge is -2.17. The second-order valence-electron chi connectivity index (χ2n) is 4.30. The average Bonchev–Trinajstić information content (AvgIpc) is 2.71. The number of hydrogen-bond donors (Lipinski definition) is 1. The summed E-state index contributed by atoms with van der Waals surface area (Å²) in [7, 11) is 0. The van der Waals surface area contributed by atoms with Gasteiger partial charge in [0, 0.05) is 13.1 Å². The van der Waals surface area contributed by atoms with Crippen molar-refractivity contribution in [1.82, 2.24) is 9.47 Å². The van der Waals surface area contributed by atoms with E-state index in [0.717, 1.165) is 0 Å². The van der Waals surface area contributed by atoms with Crippen molar-refractivity contribution < 1.29 is 14.3 Å². The van der Waals surface area contributed by atoms with Crippen molar-refractivity contribution in [3.8, 4) is 12.3 Å². The fraction of sp³-hybridized carbons (Fsp3) is 0.286. The maximum Gasteiger partial charge on any atom is 0.419 e. The number of benzene rings is 1. The molecular weight excluding hydrogens is 260 g/mol. The molecule has 20 heavy (non-hydrogen) atoms. The lowest BCUT2D eigenvalue weighted by atomic mass is 10.3. The van der Waals surface area contributed by atoms with Crippen molar-refractivity contribution in [3.05, 3.63) is 34.8 Å². The predicted octanol–water partition coefficient (Wildman–Crippen LogP) is 0.614. The lowest BCUT2D eigenvalue weighted by Crippen LogP contribution is -2.34. The molecule has 0 aliphatic carbocycles. The van der Waals surface area contributed by atoms with Gasteiger partial charge >= 0.3 is 11.7 Å². The SMILES string of the molecule is C#CCN(CCn1c(=O)oc2ccccc21)CC(=O)O. The highest BCUT2D eigenvalue weighted by molar-refractivity contribution is 5.72. The average molecular weight is 274 g/mol. The first kappa shape index (κ1) is 13.9. The van der Waals surface area contributed by atoms with Crippen LogP contribution in [0.2, 0.25) is 0 Å². The first-order chi connectivity index (χ1) is 9.61. The molecule has 0 aliphatic rings. The number of hydrogen-bond acceptors (Lipinski definition) is 4. The van der Waals surface area contributed by atoms with Gasteiger partial charge in [0.2, 0.25) is 0 Å². The molecule has 0 atom stereocenters. The highest BCUT2D eigenvalue weighted by Crippen LogP contribution is 2.11. The van der Waals surface area contributed by atoms with Gasteiger partial charge in [-0.1, -0.05) is 18.1 Å². The van der Waals surface area contributed by atoms with E-state index in [4.69, 9.17) is 15.9 Å². The van der Waals surface area contributed by atoms with Crippen molar-refractivity contribution in [3.63, 3.8) is 0 Å². The molecule has 1 aromatic carbocycles. The normalized spacial score (nSPS) is 10.8. The van der Waals surface area contributed by atoms with Crippen molar-refractivity contribution in [2.45, 2.75) is 6.54 Å². The topological polar surface area (TPSA) is 75.7 Å². The fourth-order valence-corrected chi connectivity index (χ4v) is 2.00. The van der Waals surface area contributed by atoms with Gasteiger partial charge in [-0.05, 0) is 12.1 Å². The molecule has 104 valence electrons. The van der Waals surface area contributed by atoms with Gasteiger partial charge in [0.25, 0.3) is 0 Å². The largest absolute Gasteiger partial charge is 0.480 e. The second-order valence-corrected chi connectivity index (χ2v) is 4.30. The van der Waals surface area contributed by atoms with Crippen LogP contribution in [0, 0.1) is 12.3 Å². The Balaban J connectivity index is 2.15. The van der Waals surface area contributed by atoms with Gasteiger partial charge in [0.15, 0.2) is 5.58 Å². The number of terminal acetylenes is 1. The van der Waals surface area contributed by atoms with E-state index in [-0.39, 0.29) is 13.1 Å². The molecule has 6 heteroatoms. The molecule has 2 rings (SSSR count). The first-order valence-corrected chi connectivity index (χ1v) is 6.08. The molecule has 0 saturated heterocycles. The number of fused-ring (bicyclic) bond motifs is 1. The molecule has 0 bridgehead atoms. The summed E-state index contributed by atoms with van der Waals surface area (Å²) >= 11 is 0. The van der Waals surface area contributed by atoms with Crippen LogP contribution < -0.4 is 5.76 Å². The summed E-state index contributed by atoms with van der Waals surface area (Å²) in [4.78, 5) is 24.1. The minimum absolute atomic E-state index is 0.158. The highest BCUT2D eigenvalue weighted by Gasteiger charge is 2.12. The molecular formula is C14H14N2O4. The van der Waals surface area contributed by atoms with Gasteiger partial charge in [0.05, 0.1) is 18.6 Å². The van der Waals surface area contributed by atoms with Crippen LogP contribution in [0.3, 0.4) is 0 Å². The third-order valence-corrected chi connectivity index (χ3v) is 2.89. The molecule has 1 N–H and O–H groups in total. The molecule has 0 aliphatic heterocycles. The molecule has 2 aromatic rings. The molecule has 6 nitrogen and oxygen atoms in total. The van der Waals surface area contributed by atoms with E-state index in [9.17, 15) is 9.59 Å². The number of carboxylic acid groups (broad SMARTS) is 1. The number of aromatic nitrogens is 1. The van der Waals surface area contributed by atoms with Gasteiger partial charge in [-0.3, -0.25) is 14.3 Å². The molecule has 0 amide bonds. The number of aliphatic carboxylic acids is 1. The summed E-state index contributed by atoms with van der Waals surface area (Å²) in [5.74, 6) is 0.996. The zero-order valence-electron chi connectivity index (χ0n) is 10.8. The van der Waals surface area contributed by atoms with E-state index in [1.165, 1.54) is 4.57 Å². The van der Waals surface area contributed by atoms with Crippen molar-refractivity contribution in [1.29, 1.82) is 0 Å². The van der Waals surface area contributed by atoms with E-state index < -0.39 is 11.7 Å². The number of carbonyl (C=O) groups is 1. The Morgan fingerprint density at radius 1 is 1.45 bits per heavy atom. The Kier molecular flexibility index (Phi) is 4.23. The highest BCUT2D eigenvalue weighted by atomic mass is 16.4. The predicted molar refractivity (Wildman–Crippen MR) is 73.4 cm³/mol. The quantitative estimate of drug-likeness (QED) is 0.781. The van der Waals surface area contributed by atoms with E-state index in [2.05, 4.69) is 5.92 Å². The minimum Gasteiger partial charge on any atom is -0.480 e. The third-order valence-electron chi connectivity index (χ3n) is 2.89. The van der Waals surface area contributed by atoms with Crippen molar-refractivity contribution in [2.75, 3.05) is 19.6 Å². The summed E-state index contributed by atoms with van der Waals surface area (Å²) < 4.78 is 6.58. The van der Waals surface area contributed by atoms with E-state index >= 15 is 0 Å². The Hall–Kier alpha value is -2.52. The maximum atomic E-state index is 11.8. The standard InChI is InChI=1S/C14H14N2O4/c1-2-7-15(10-13(17)18)8-9-16-11-5-3-4-6-12(11)20-14(16)19/h1,3-6H,7-10H2,(H,17,18). The zero-order chi connectivity index (χ0) is 14.5. The van der Waals surface area contributed by atoms with E-state index in [1.54, 1.807) is 23.1 Å². The minimum atomic E-state index is -0.954. The van der Waals surface area contributed by atoms with Crippen LogP contribution in [0.4, 0.5) is 0 Å². The van der Waals surface area contributed by atoms with Crippen LogP contribution in [0.25, 0.3) is 11.1 Å². The summed E-state index contributed by atoms with van der Waals surface area (Å²) in [5.41, 5.74) is 1.20. The Morgan fingerprint density at radius 2 is 2.20 bits per heavy atom. The molecule has 0 saturated carbocycles. The summed E-state index contributed by atoms with van der Waals surface area (Å²) in [5, 5.41) is 8.80. The van der Waals surface area contributed by atoms with Crippen molar-refractivity contribution in [2.24, 2.45) is 0 Å². The Labute approximate surface area is 115 Å². The van der Waals surface area contributed by atoms with E-state index in [1.807, 2.05) is 6.07 Å². The molecule has 1 aromatic heterocycles. The first-order valence-electron chi connectivity index (χ1n) is 6.08. The van der Waals surface area contributed by atoms with Crippen LogP contribution in [-0.4, -0.2) is 40.2 Å². The van der Waals surface area contributed by atoms with Gasteiger partial charge in [-0.2, -0.15) is 0 Å². The van der Waals surface area contributed by atoms with Crippen LogP contribution >= 0.6 is 0 Å². The second kappa shape index (κ2) is 6.08. The zero-order valence-corrected chi connectivity index (χ0v) is 10.8. The smallest absolute Gasteiger partial charge is 0.419 e. The van der Waals surface area contributed by atoms with Gasteiger partial charge < -0.3 is 9.52 Å². The molecule has 1 heterocycles. The van der Waals surface area contributed by atoms with Gasteiger partial charge in [-0.15, -0.1) is 6.42 Å². The summed E-state index contributed by atoms with van der Waals surface area (Å²) in [6.45, 7) is 0.746. The molecule has 0 fully saturated rings. The van der Waals surface area contributed by atoms with Gasteiger partial charge in [0.1, 0.15) is 0 Å². The molecule has 0 unspecified atom stereocenters. The molecule has 0 spiro atoms. The Morgan fingerprint density at radius 3 is 2.90 bits per heavy atom. The number of carboxylic acids is 1. The molecule has 0 radical (unpaired) electrons. The number of para-hydroxylation sites is 2. The number of rotatable bonds is 6. The van der Waals surface area contributed by atoms with Crippen LogP contribution in [0.5, 0.6) is 0 Å². The third kappa shape index (κ3) is 3.08. The lowest BCUT2D eigenvalue weighted by molar-refractivity contribution is -0.138. The van der Waals surface area contributed by atoms with E-state index in [0.29, 0.717) is 24.2 Å². The van der Waals surface area contributed by atoms with Crippen LogP contribution in [0.15, 0.2) is 33.5 Å². The summed E-state index contributed by atoms with van der Waals surface area (Å²) in [6, 6.07) is 7.08. The number of nitrogens with zero attached hydrogens (tertiary/aromatic N) is 2.